The average Bonchev–Trinajstić information content (AvgIpc) is 2.21. The fourth-order valence-corrected chi connectivity index (χ4v) is 1.20. The highest BCUT2D eigenvalue weighted by molar-refractivity contribution is 6.29. The molecular formula is C9H13N3O4. The van der Waals surface area contributed by atoms with Gasteiger partial charge in [-0.05, 0) is 13.3 Å². The zero-order valence-corrected chi connectivity index (χ0v) is 9.05. The Bertz CT molecular complexity index is 340. The van der Waals surface area contributed by atoms with Crippen LogP contribution in [0.15, 0.2) is 11.3 Å². The molecule has 1 heterocycles. The molecule has 0 aliphatic carbocycles. The van der Waals surface area contributed by atoms with E-state index in [0.717, 1.165) is 0 Å². The van der Waals surface area contributed by atoms with Crippen molar-refractivity contribution in [1.82, 2.24) is 16.1 Å². The minimum Gasteiger partial charge on any atom is -0.277 e. The van der Waals surface area contributed by atoms with Crippen molar-refractivity contribution in [2.24, 2.45) is 0 Å². The van der Waals surface area contributed by atoms with Crippen molar-refractivity contribution in [2.45, 2.75) is 20.3 Å². The number of rotatable bonds is 4. The SMILES string of the molecule is CCONC(CC)=C1C(=O)NC(=O)NC1=O. The van der Waals surface area contributed by atoms with Gasteiger partial charge in [-0.2, -0.15) is 0 Å². The van der Waals surface area contributed by atoms with Gasteiger partial charge in [0, 0.05) is 0 Å². The van der Waals surface area contributed by atoms with Gasteiger partial charge in [-0.3, -0.25) is 30.5 Å². The van der Waals surface area contributed by atoms with E-state index in [1.54, 1.807) is 13.8 Å². The minimum absolute atomic E-state index is 0.129. The first-order chi connectivity index (χ1) is 7.60. The molecule has 0 aromatic heterocycles. The van der Waals surface area contributed by atoms with Crippen molar-refractivity contribution >= 4 is 17.8 Å². The molecule has 3 N–H and O–H groups in total. The van der Waals surface area contributed by atoms with E-state index < -0.39 is 17.8 Å². The van der Waals surface area contributed by atoms with Gasteiger partial charge >= 0.3 is 6.03 Å². The molecule has 0 aromatic carbocycles. The van der Waals surface area contributed by atoms with Gasteiger partial charge in [0.15, 0.2) is 0 Å². The van der Waals surface area contributed by atoms with Gasteiger partial charge in [0.25, 0.3) is 11.8 Å². The molecule has 1 fully saturated rings. The van der Waals surface area contributed by atoms with Crippen molar-refractivity contribution in [1.29, 1.82) is 0 Å². The van der Waals surface area contributed by atoms with Crippen molar-refractivity contribution in [3.8, 4) is 0 Å². The molecule has 0 saturated carbocycles. The fourth-order valence-electron chi connectivity index (χ4n) is 1.20. The summed E-state index contributed by atoms with van der Waals surface area (Å²) in [7, 11) is 0. The summed E-state index contributed by atoms with van der Waals surface area (Å²) in [5.41, 5.74) is 2.72. The summed E-state index contributed by atoms with van der Waals surface area (Å²) in [6.07, 6.45) is 0.407. The summed E-state index contributed by atoms with van der Waals surface area (Å²) in [5.74, 6) is -1.45. The molecule has 0 bridgehead atoms. The van der Waals surface area contributed by atoms with Crippen LogP contribution in [0, 0.1) is 0 Å². The standard InChI is InChI=1S/C9H13N3O4/c1-3-5(12-16-4-2)6-7(13)10-9(15)11-8(6)14/h12H,3-4H2,1-2H3,(H2,10,11,13,14,15). The number of hydrogen-bond acceptors (Lipinski definition) is 5. The predicted molar refractivity (Wildman–Crippen MR) is 53.8 cm³/mol. The van der Waals surface area contributed by atoms with Crippen LogP contribution in [0.3, 0.4) is 0 Å². The maximum Gasteiger partial charge on any atom is 0.328 e. The molecular weight excluding hydrogens is 214 g/mol. The molecule has 88 valence electrons. The molecule has 1 aliphatic heterocycles. The summed E-state index contributed by atoms with van der Waals surface area (Å²) in [6.45, 7) is 3.90. The number of barbiturate groups is 1. The first-order valence-electron chi connectivity index (χ1n) is 4.87. The molecule has 0 unspecified atom stereocenters. The number of amides is 4. The summed E-state index contributed by atoms with van der Waals surface area (Å²) >= 11 is 0. The second-order valence-electron chi connectivity index (χ2n) is 2.98. The lowest BCUT2D eigenvalue weighted by molar-refractivity contribution is -0.124. The van der Waals surface area contributed by atoms with E-state index in [1.165, 1.54) is 0 Å². The largest absolute Gasteiger partial charge is 0.328 e. The molecule has 16 heavy (non-hydrogen) atoms. The van der Waals surface area contributed by atoms with Crippen LogP contribution in [-0.2, 0) is 14.4 Å². The number of hydroxylamine groups is 1. The molecule has 7 nitrogen and oxygen atoms in total. The lowest BCUT2D eigenvalue weighted by atomic mass is 10.1. The molecule has 4 amide bonds. The van der Waals surface area contributed by atoms with E-state index in [0.29, 0.717) is 18.7 Å². The fraction of sp³-hybridized carbons (Fsp3) is 0.444. The Morgan fingerprint density at radius 2 is 1.75 bits per heavy atom. The molecule has 0 aromatic rings. The van der Waals surface area contributed by atoms with E-state index in [4.69, 9.17) is 4.84 Å². The third kappa shape index (κ3) is 2.57. The van der Waals surface area contributed by atoms with E-state index in [-0.39, 0.29) is 5.57 Å². The van der Waals surface area contributed by atoms with Crippen molar-refractivity contribution in [3.63, 3.8) is 0 Å². The van der Waals surface area contributed by atoms with Gasteiger partial charge in [-0.15, -0.1) is 0 Å². The molecule has 0 atom stereocenters. The molecule has 1 aliphatic rings. The number of nitrogens with one attached hydrogen (secondary N) is 3. The first kappa shape index (κ1) is 12.2. The molecule has 1 rings (SSSR count). The topological polar surface area (TPSA) is 96.5 Å². The van der Waals surface area contributed by atoms with Crippen LogP contribution in [0.4, 0.5) is 4.79 Å². The number of urea groups is 1. The first-order valence-corrected chi connectivity index (χ1v) is 4.87. The summed E-state index contributed by atoms with van der Waals surface area (Å²) in [6, 6.07) is -0.814. The van der Waals surface area contributed by atoms with E-state index >= 15 is 0 Å². The molecule has 0 spiro atoms. The number of imide groups is 2. The summed E-state index contributed by atoms with van der Waals surface area (Å²) < 4.78 is 0. The van der Waals surface area contributed by atoms with Crippen LogP contribution >= 0.6 is 0 Å². The van der Waals surface area contributed by atoms with Crippen LogP contribution in [0.1, 0.15) is 20.3 Å². The molecule has 7 heteroatoms. The summed E-state index contributed by atoms with van der Waals surface area (Å²) in [5, 5.41) is 3.98. The van der Waals surface area contributed by atoms with Crippen molar-refractivity contribution < 1.29 is 19.2 Å². The zero-order chi connectivity index (χ0) is 12.1. The van der Waals surface area contributed by atoms with Crippen LogP contribution in [-0.4, -0.2) is 24.5 Å². The minimum atomic E-state index is -0.814. The quantitative estimate of drug-likeness (QED) is 0.343. The van der Waals surface area contributed by atoms with Crippen LogP contribution in [0.25, 0.3) is 0 Å². The maximum atomic E-state index is 11.4. The van der Waals surface area contributed by atoms with Crippen molar-refractivity contribution in [3.05, 3.63) is 11.3 Å². The highest BCUT2D eigenvalue weighted by atomic mass is 16.6. The maximum absolute atomic E-state index is 11.4. The number of hydrogen-bond donors (Lipinski definition) is 3. The van der Waals surface area contributed by atoms with Gasteiger partial charge in [0.1, 0.15) is 5.57 Å². The number of allylic oxidation sites excluding steroid dienone is 1. The lowest BCUT2D eigenvalue weighted by Gasteiger charge is -2.18. The van der Waals surface area contributed by atoms with Gasteiger partial charge in [-0.25, -0.2) is 4.79 Å². The van der Waals surface area contributed by atoms with Crippen LogP contribution < -0.4 is 16.1 Å². The zero-order valence-electron chi connectivity index (χ0n) is 9.05. The second kappa shape index (κ2) is 5.26. The summed E-state index contributed by atoms with van der Waals surface area (Å²) in [4.78, 5) is 38.6. The van der Waals surface area contributed by atoms with Gasteiger partial charge in [-0.1, -0.05) is 6.92 Å². The Hall–Kier alpha value is -1.89. The van der Waals surface area contributed by atoms with E-state index in [1.807, 2.05) is 10.6 Å². The Morgan fingerprint density at radius 3 is 2.19 bits per heavy atom. The Kier molecular flexibility index (Phi) is 4.01. The number of carbonyl (C=O) groups is 3. The highest BCUT2D eigenvalue weighted by Crippen LogP contribution is 2.09. The van der Waals surface area contributed by atoms with Gasteiger partial charge in [0.05, 0.1) is 12.3 Å². The van der Waals surface area contributed by atoms with E-state index in [9.17, 15) is 14.4 Å². The van der Waals surface area contributed by atoms with Crippen LogP contribution in [0.2, 0.25) is 0 Å². The Labute approximate surface area is 92.2 Å². The van der Waals surface area contributed by atoms with Crippen LogP contribution in [0.5, 0.6) is 0 Å². The third-order valence-electron chi connectivity index (χ3n) is 1.90. The predicted octanol–water partition coefficient (Wildman–Crippen LogP) is -0.442. The average molecular weight is 227 g/mol. The molecule has 1 saturated heterocycles. The third-order valence-corrected chi connectivity index (χ3v) is 1.90. The smallest absolute Gasteiger partial charge is 0.277 e. The van der Waals surface area contributed by atoms with E-state index in [2.05, 4.69) is 5.48 Å². The van der Waals surface area contributed by atoms with Gasteiger partial charge < -0.3 is 0 Å². The second-order valence-corrected chi connectivity index (χ2v) is 2.98. The monoisotopic (exact) mass is 227 g/mol. The lowest BCUT2D eigenvalue weighted by Crippen LogP contribution is -2.52. The highest BCUT2D eigenvalue weighted by Gasteiger charge is 2.30. The Balaban J connectivity index is 2.96. The normalized spacial score (nSPS) is 15.6. The van der Waals surface area contributed by atoms with Gasteiger partial charge in [0.2, 0.25) is 0 Å². The molecule has 0 radical (unpaired) electrons. The Morgan fingerprint density at radius 1 is 1.19 bits per heavy atom. The van der Waals surface area contributed by atoms with Crippen molar-refractivity contribution in [2.75, 3.05) is 6.61 Å². The number of carbonyl (C=O) groups excluding carboxylic acids is 3.